The largest absolute Gasteiger partial charge is 0.277 e. The first-order chi connectivity index (χ1) is 9.31. The van der Waals surface area contributed by atoms with Crippen molar-refractivity contribution in [1.29, 1.82) is 0 Å². The predicted molar refractivity (Wildman–Crippen MR) is 89.6 cm³/mol. The maximum Gasteiger partial charge on any atom is 0.264 e. The summed E-state index contributed by atoms with van der Waals surface area (Å²) < 4.78 is 29.1. The van der Waals surface area contributed by atoms with E-state index in [2.05, 4.69) is 57.5 Å². The van der Waals surface area contributed by atoms with E-state index in [-0.39, 0.29) is 9.92 Å². The minimum atomic E-state index is -3.82. The van der Waals surface area contributed by atoms with Crippen LogP contribution in [0.4, 0.5) is 5.69 Å². The second-order valence-corrected chi connectivity index (χ2v) is 8.34. The molecule has 0 radical (unpaired) electrons. The Kier molecular flexibility index (Phi) is 5.12. The van der Waals surface area contributed by atoms with E-state index < -0.39 is 10.0 Å². The Morgan fingerprint density at radius 3 is 2.30 bits per heavy atom. The van der Waals surface area contributed by atoms with Gasteiger partial charge in [0.2, 0.25) is 0 Å². The molecule has 0 fully saturated rings. The van der Waals surface area contributed by atoms with Crippen LogP contribution in [0.3, 0.4) is 0 Å². The van der Waals surface area contributed by atoms with Gasteiger partial charge in [0, 0.05) is 25.8 Å². The number of nitrogens with zero attached hydrogens (tertiary/aromatic N) is 1. The third kappa shape index (κ3) is 3.54. The molecule has 1 heterocycles. The fourth-order valence-electron chi connectivity index (χ4n) is 1.39. The molecule has 1 aromatic carbocycles. The highest BCUT2D eigenvalue weighted by Gasteiger charge is 2.20. The second-order valence-electron chi connectivity index (χ2n) is 3.66. The summed E-state index contributed by atoms with van der Waals surface area (Å²) >= 11 is 15.8. The van der Waals surface area contributed by atoms with Gasteiger partial charge in [-0.25, -0.2) is 8.42 Å². The van der Waals surface area contributed by atoms with E-state index in [0.717, 1.165) is 4.47 Å². The topological polar surface area (TPSA) is 59.1 Å². The molecule has 2 aromatic rings. The number of anilines is 1. The Morgan fingerprint density at radius 1 is 1.15 bits per heavy atom. The highest BCUT2D eigenvalue weighted by atomic mass is 79.9. The molecule has 0 spiro atoms. The third-order valence-corrected chi connectivity index (χ3v) is 5.79. The van der Waals surface area contributed by atoms with Gasteiger partial charge in [-0.1, -0.05) is 27.5 Å². The molecule has 4 nitrogen and oxygen atoms in total. The molecule has 0 unspecified atom stereocenters. The maximum atomic E-state index is 12.3. The fraction of sp³-hybridized carbons (Fsp3) is 0. The van der Waals surface area contributed by atoms with Crippen molar-refractivity contribution in [2.75, 3.05) is 4.72 Å². The lowest BCUT2D eigenvalue weighted by Crippen LogP contribution is -2.14. The quantitative estimate of drug-likeness (QED) is 0.651. The van der Waals surface area contributed by atoms with Gasteiger partial charge in [-0.2, -0.15) is 0 Å². The van der Waals surface area contributed by atoms with Gasteiger partial charge in [0.15, 0.2) is 0 Å². The first-order valence-corrected chi connectivity index (χ1v) is 9.32. The normalized spacial score (nSPS) is 11.4. The molecule has 0 saturated carbocycles. The van der Waals surface area contributed by atoms with Crippen LogP contribution in [0, 0.1) is 0 Å². The van der Waals surface area contributed by atoms with Crippen molar-refractivity contribution in [3.8, 4) is 0 Å². The summed E-state index contributed by atoms with van der Waals surface area (Å²) in [5.74, 6) is 0. The molecular formula is C11H6Br3ClN2O2S. The summed E-state index contributed by atoms with van der Waals surface area (Å²) in [4.78, 5) is 3.70. The molecule has 0 bridgehead atoms. The van der Waals surface area contributed by atoms with E-state index in [1.165, 1.54) is 18.5 Å². The predicted octanol–water partition coefficient (Wildman–Crippen LogP) is 4.82. The standard InChI is InChI=1S/C11H6Br3ClN2O2S/c12-6-3-7(13)11(8(14)4-6)17-20(18,19)10-5-16-2-1-9(10)15/h1-5,17H. The van der Waals surface area contributed by atoms with Gasteiger partial charge in [-0.15, -0.1) is 0 Å². The van der Waals surface area contributed by atoms with Crippen LogP contribution in [0.2, 0.25) is 5.02 Å². The first kappa shape index (κ1) is 16.2. The minimum Gasteiger partial charge on any atom is -0.277 e. The van der Waals surface area contributed by atoms with Crippen LogP contribution in [0.1, 0.15) is 0 Å². The van der Waals surface area contributed by atoms with Crippen LogP contribution >= 0.6 is 59.4 Å². The molecule has 0 atom stereocenters. The van der Waals surface area contributed by atoms with Crippen LogP contribution in [0.5, 0.6) is 0 Å². The van der Waals surface area contributed by atoms with Crippen molar-refractivity contribution >= 4 is 75.1 Å². The summed E-state index contributed by atoms with van der Waals surface area (Å²) in [7, 11) is -3.82. The average Bonchev–Trinajstić information content (AvgIpc) is 2.34. The summed E-state index contributed by atoms with van der Waals surface area (Å²) in [5.41, 5.74) is 0.383. The van der Waals surface area contributed by atoms with Crippen LogP contribution in [0.15, 0.2) is 48.9 Å². The number of nitrogens with one attached hydrogen (secondary N) is 1. The summed E-state index contributed by atoms with van der Waals surface area (Å²) in [6.07, 6.45) is 2.62. The van der Waals surface area contributed by atoms with Gasteiger partial charge in [0.25, 0.3) is 10.0 Å². The summed E-state index contributed by atoms with van der Waals surface area (Å²) in [6.45, 7) is 0. The lowest BCUT2D eigenvalue weighted by Gasteiger charge is -2.12. The van der Waals surface area contributed by atoms with E-state index >= 15 is 0 Å². The molecule has 0 aliphatic carbocycles. The number of rotatable bonds is 3. The first-order valence-electron chi connectivity index (χ1n) is 5.08. The molecule has 1 aromatic heterocycles. The van der Waals surface area contributed by atoms with Crippen LogP contribution < -0.4 is 4.72 Å². The second kappa shape index (κ2) is 6.31. The lowest BCUT2D eigenvalue weighted by atomic mass is 10.3. The van der Waals surface area contributed by atoms with Crippen molar-refractivity contribution in [2.45, 2.75) is 4.90 Å². The van der Waals surface area contributed by atoms with E-state index in [0.29, 0.717) is 14.6 Å². The molecule has 20 heavy (non-hydrogen) atoms. The Morgan fingerprint density at radius 2 is 1.75 bits per heavy atom. The minimum absolute atomic E-state index is 0.0802. The van der Waals surface area contributed by atoms with Gasteiger partial charge in [0.1, 0.15) is 4.90 Å². The number of hydrogen-bond acceptors (Lipinski definition) is 3. The van der Waals surface area contributed by atoms with E-state index in [1.807, 2.05) is 0 Å². The zero-order valence-corrected chi connectivity index (χ0v) is 15.9. The lowest BCUT2D eigenvalue weighted by molar-refractivity contribution is 0.601. The Balaban J connectivity index is 2.47. The number of hydrogen-bond donors (Lipinski definition) is 1. The van der Waals surface area contributed by atoms with Gasteiger partial charge in [-0.3, -0.25) is 9.71 Å². The molecule has 0 saturated heterocycles. The van der Waals surface area contributed by atoms with Gasteiger partial charge in [0.05, 0.1) is 10.7 Å². The number of sulfonamides is 1. The van der Waals surface area contributed by atoms with E-state index in [1.54, 1.807) is 12.1 Å². The maximum absolute atomic E-state index is 12.3. The van der Waals surface area contributed by atoms with E-state index in [4.69, 9.17) is 11.6 Å². The van der Waals surface area contributed by atoms with Crippen molar-refractivity contribution in [1.82, 2.24) is 4.98 Å². The van der Waals surface area contributed by atoms with Crippen LogP contribution in [-0.4, -0.2) is 13.4 Å². The molecule has 0 aliphatic heterocycles. The van der Waals surface area contributed by atoms with Crippen molar-refractivity contribution < 1.29 is 8.42 Å². The molecule has 0 amide bonds. The fourth-order valence-corrected chi connectivity index (χ4v) is 5.64. The van der Waals surface area contributed by atoms with E-state index in [9.17, 15) is 8.42 Å². The third-order valence-electron chi connectivity index (χ3n) is 2.27. The van der Waals surface area contributed by atoms with Crippen molar-refractivity contribution in [3.05, 3.63) is 49.0 Å². The molecule has 9 heteroatoms. The highest BCUT2D eigenvalue weighted by Crippen LogP contribution is 2.36. The molecular weight excluding hydrogens is 499 g/mol. The Labute approximate surface area is 146 Å². The van der Waals surface area contributed by atoms with Crippen LogP contribution in [-0.2, 0) is 10.0 Å². The van der Waals surface area contributed by atoms with Crippen LogP contribution in [0.25, 0.3) is 0 Å². The highest BCUT2D eigenvalue weighted by molar-refractivity contribution is 9.11. The SMILES string of the molecule is O=S(=O)(Nc1c(Br)cc(Br)cc1Br)c1cnccc1Cl. The van der Waals surface area contributed by atoms with Gasteiger partial charge < -0.3 is 0 Å². The van der Waals surface area contributed by atoms with Gasteiger partial charge in [-0.05, 0) is 50.1 Å². The monoisotopic (exact) mass is 502 g/mol. The summed E-state index contributed by atoms with van der Waals surface area (Å²) in [5, 5.41) is 0.108. The number of benzene rings is 1. The molecule has 2 rings (SSSR count). The summed E-state index contributed by atoms with van der Waals surface area (Å²) in [6, 6.07) is 4.88. The number of aromatic nitrogens is 1. The smallest absolute Gasteiger partial charge is 0.264 e. The van der Waals surface area contributed by atoms with Crippen molar-refractivity contribution in [3.63, 3.8) is 0 Å². The Hall–Kier alpha value is -0.150. The zero-order chi connectivity index (χ0) is 14.9. The number of halogens is 4. The number of pyridine rings is 1. The zero-order valence-electron chi connectivity index (χ0n) is 9.57. The van der Waals surface area contributed by atoms with Gasteiger partial charge >= 0.3 is 0 Å². The molecule has 0 aliphatic rings. The van der Waals surface area contributed by atoms with Crippen molar-refractivity contribution in [2.24, 2.45) is 0 Å². The molecule has 1 N–H and O–H groups in total. The average molecular weight is 505 g/mol. The molecule has 106 valence electrons. The Bertz CT molecular complexity index is 745.